The number of hydrogen-bond donors (Lipinski definition) is 1. The number of ether oxygens (including phenoxy) is 1. The Balaban J connectivity index is 5.29. The molecule has 18 heavy (non-hydrogen) atoms. The van der Waals surface area contributed by atoms with Crippen LogP contribution in [-0.4, -0.2) is 49.2 Å². The second-order valence-electron chi connectivity index (χ2n) is 3.78. The van der Waals surface area contributed by atoms with E-state index in [4.69, 9.17) is 0 Å². The molecule has 0 fully saturated rings. The van der Waals surface area contributed by atoms with E-state index in [1.54, 1.807) is 19.0 Å². The zero-order valence-corrected chi connectivity index (χ0v) is 11.2. The molecule has 0 heterocycles. The lowest BCUT2D eigenvalue weighted by molar-refractivity contribution is -0.136. The molecule has 0 saturated heterocycles. The number of nitrogens with zero attached hydrogens (tertiary/aromatic N) is 2. The van der Waals surface area contributed by atoms with Crippen molar-refractivity contribution in [1.82, 2.24) is 4.90 Å². The second kappa shape index (κ2) is 7.26. The highest BCUT2D eigenvalue weighted by molar-refractivity contribution is 6.13. The Kier molecular flexibility index (Phi) is 6.41. The molecule has 1 N–H and O–H groups in total. The average molecular weight is 254 g/mol. The summed E-state index contributed by atoms with van der Waals surface area (Å²) >= 11 is 0. The maximum Gasteiger partial charge on any atom is 0.358 e. The number of esters is 1. The molecule has 0 aromatic carbocycles. The smallest absolute Gasteiger partial charge is 0.358 e. The summed E-state index contributed by atoms with van der Waals surface area (Å²) in [5, 5.41) is 9.29. The first kappa shape index (κ1) is 15.9. The molecule has 0 aromatic rings. The average Bonchev–Trinajstić information content (AvgIpc) is 2.25. The summed E-state index contributed by atoms with van der Waals surface area (Å²) in [7, 11) is 4.68. The summed E-state index contributed by atoms with van der Waals surface area (Å²) < 4.78 is 4.56. The van der Waals surface area contributed by atoms with Gasteiger partial charge in [-0.3, -0.25) is 4.79 Å². The molecule has 0 unspecified atom stereocenters. The van der Waals surface area contributed by atoms with Gasteiger partial charge < -0.3 is 14.7 Å². The van der Waals surface area contributed by atoms with Gasteiger partial charge in [0.2, 0.25) is 0 Å². The lowest BCUT2D eigenvalue weighted by Crippen LogP contribution is -2.10. The number of rotatable bonds is 5. The van der Waals surface area contributed by atoms with E-state index in [2.05, 4.69) is 9.73 Å². The van der Waals surface area contributed by atoms with Crippen molar-refractivity contribution < 1.29 is 19.4 Å². The predicted molar refractivity (Wildman–Crippen MR) is 68.3 cm³/mol. The minimum atomic E-state index is -0.626. The third-order valence-corrected chi connectivity index (χ3v) is 1.88. The Labute approximate surface area is 106 Å². The number of carbonyl (C=O) groups excluding carboxylic acids is 2. The SMILES string of the molecule is COC(=O)C(=C\N(C)C)/N=C/C(C(C)=O)=C(/C)O. The summed E-state index contributed by atoms with van der Waals surface area (Å²) in [6.07, 6.45) is 2.59. The molecule has 0 rings (SSSR count). The first-order chi connectivity index (χ1) is 8.29. The molecular formula is C12H18N2O4. The van der Waals surface area contributed by atoms with E-state index in [-0.39, 0.29) is 22.8 Å². The van der Waals surface area contributed by atoms with Crippen molar-refractivity contribution in [3.63, 3.8) is 0 Å². The van der Waals surface area contributed by atoms with Gasteiger partial charge in [-0.25, -0.2) is 9.79 Å². The lowest BCUT2D eigenvalue weighted by Gasteiger charge is -2.07. The van der Waals surface area contributed by atoms with E-state index >= 15 is 0 Å². The first-order valence-corrected chi connectivity index (χ1v) is 5.21. The topological polar surface area (TPSA) is 79.2 Å². The number of aliphatic hydroxyl groups excluding tert-OH is 1. The number of Topliss-reactive ketones (excluding diaryl/α,β-unsaturated/α-hetero) is 1. The standard InChI is InChI=1S/C12H18N2O4/c1-8(15)10(9(2)16)6-13-11(7-14(3)4)12(17)18-5/h6-7,15H,1-5H3/b10-8+,11-7+,13-6+. The molecular weight excluding hydrogens is 236 g/mol. The van der Waals surface area contributed by atoms with Crippen LogP contribution in [-0.2, 0) is 14.3 Å². The molecule has 0 amide bonds. The normalized spacial score (nSPS) is 13.3. The Morgan fingerprint density at radius 1 is 1.28 bits per heavy atom. The Hall–Kier alpha value is -2.11. The van der Waals surface area contributed by atoms with Crippen LogP contribution < -0.4 is 0 Å². The molecule has 0 saturated carbocycles. The van der Waals surface area contributed by atoms with Gasteiger partial charge in [0, 0.05) is 26.5 Å². The van der Waals surface area contributed by atoms with E-state index in [1.165, 1.54) is 27.2 Å². The molecule has 0 aliphatic carbocycles. The number of carbonyl (C=O) groups is 2. The fourth-order valence-electron chi connectivity index (χ4n) is 1.06. The van der Waals surface area contributed by atoms with Gasteiger partial charge >= 0.3 is 5.97 Å². The van der Waals surface area contributed by atoms with Crippen molar-refractivity contribution in [2.75, 3.05) is 21.2 Å². The second-order valence-corrected chi connectivity index (χ2v) is 3.78. The number of ketones is 1. The van der Waals surface area contributed by atoms with E-state index in [0.29, 0.717) is 0 Å². The molecule has 0 radical (unpaired) electrons. The number of allylic oxidation sites excluding steroid dienone is 2. The zero-order valence-electron chi connectivity index (χ0n) is 11.2. The van der Waals surface area contributed by atoms with E-state index < -0.39 is 5.97 Å². The summed E-state index contributed by atoms with van der Waals surface area (Å²) in [6.45, 7) is 2.67. The molecule has 0 spiro atoms. The lowest BCUT2D eigenvalue weighted by atomic mass is 10.2. The Morgan fingerprint density at radius 2 is 1.83 bits per heavy atom. The zero-order chi connectivity index (χ0) is 14.3. The first-order valence-electron chi connectivity index (χ1n) is 5.21. The van der Waals surface area contributed by atoms with E-state index in [0.717, 1.165) is 6.21 Å². The largest absolute Gasteiger partial charge is 0.512 e. The highest BCUT2D eigenvalue weighted by Crippen LogP contribution is 2.05. The van der Waals surface area contributed by atoms with Crippen LogP contribution in [0.5, 0.6) is 0 Å². The van der Waals surface area contributed by atoms with E-state index in [1.807, 2.05) is 0 Å². The third-order valence-electron chi connectivity index (χ3n) is 1.88. The summed E-state index contributed by atoms with van der Waals surface area (Å²) in [5.74, 6) is -1.12. The van der Waals surface area contributed by atoms with Gasteiger partial charge in [-0.15, -0.1) is 0 Å². The van der Waals surface area contributed by atoms with Crippen molar-refractivity contribution in [2.45, 2.75) is 13.8 Å². The van der Waals surface area contributed by atoms with Crippen molar-refractivity contribution in [1.29, 1.82) is 0 Å². The number of hydrogen-bond acceptors (Lipinski definition) is 6. The molecule has 0 aromatic heterocycles. The predicted octanol–water partition coefficient (Wildman–Crippen LogP) is 1.05. The van der Waals surface area contributed by atoms with Crippen LogP contribution in [0.4, 0.5) is 0 Å². The number of aliphatic hydroxyl groups is 1. The molecule has 0 atom stereocenters. The van der Waals surface area contributed by atoms with Crippen LogP contribution in [0.1, 0.15) is 13.8 Å². The van der Waals surface area contributed by atoms with Gasteiger partial charge in [0.05, 0.1) is 12.7 Å². The van der Waals surface area contributed by atoms with Crippen LogP contribution in [0, 0.1) is 0 Å². The quantitative estimate of drug-likeness (QED) is 0.343. The summed E-state index contributed by atoms with van der Waals surface area (Å²) in [4.78, 5) is 28.1. The van der Waals surface area contributed by atoms with E-state index in [9.17, 15) is 14.7 Å². The van der Waals surface area contributed by atoms with Crippen molar-refractivity contribution >= 4 is 18.0 Å². The van der Waals surface area contributed by atoms with Crippen LogP contribution >= 0.6 is 0 Å². The summed E-state index contributed by atoms with van der Waals surface area (Å²) in [5.41, 5.74) is 0.0751. The van der Waals surface area contributed by atoms with Gasteiger partial charge in [-0.1, -0.05) is 0 Å². The molecule has 0 bridgehead atoms. The Bertz CT molecular complexity index is 416. The highest BCUT2D eigenvalue weighted by Gasteiger charge is 2.10. The van der Waals surface area contributed by atoms with Crippen molar-refractivity contribution in [3.8, 4) is 0 Å². The number of aliphatic imine (C=N–C) groups is 1. The van der Waals surface area contributed by atoms with Crippen LogP contribution in [0.25, 0.3) is 0 Å². The van der Waals surface area contributed by atoms with Crippen molar-refractivity contribution in [3.05, 3.63) is 23.2 Å². The molecule has 0 aliphatic rings. The fraction of sp³-hybridized carbons (Fsp3) is 0.417. The van der Waals surface area contributed by atoms with Gasteiger partial charge in [-0.05, 0) is 13.8 Å². The minimum Gasteiger partial charge on any atom is -0.512 e. The van der Waals surface area contributed by atoms with Gasteiger partial charge in [0.15, 0.2) is 11.5 Å². The van der Waals surface area contributed by atoms with Crippen LogP contribution in [0.3, 0.4) is 0 Å². The fourth-order valence-corrected chi connectivity index (χ4v) is 1.06. The van der Waals surface area contributed by atoms with Crippen molar-refractivity contribution in [2.24, 2.45) is 4.99 Å². The number of methoxy groups -OCH3 is 1. The third kappa shape index (κ3) is 5.29. The van der Waals surface area contributed by atoms with Crippen LogP contribution in [0.15, 0.2) is 28.2 Å². The van der Waals surface area contributed by atoms with Gasteiger partial charge in [0.1, 0.15) is 5.76 Å². The molecule has 100 valence electrons. The maximum atomic E-state index is 11.4. The minimum absolute atomic E-state index is 0.0301. The molecule has 6 heteroatoms. The molecule has 0 aliphatic heterocycles. The van der Waals surface area contributed by atoms with Gasteiger partial charge in [-0.2, -0.15) is 0 Å². The van der Waals surface area contributed by atoms with Gasteiger partial charge in [0.25, 0.3) is 0 Å². The maximum absolute atomic E-state index is 11.4. The highest BCUT2D eigenvalue weighted by atomic mass is 16.5. The van der Waals surface area contributed by atoms with Crippen LogP contribution in [0.2, 0.25) is 0 Å². The summed E-state index contributed by atoms with van der Waals surface area (Å²) in [6, 6.07) is 0. The Morgan fingerprint density at radius 3 is 2.17 bits per heavy atom. The monoisotopic (exact) mass is 254 g/mol. The molecule has 6 nitrogen and oxygen atoms in total.